The fraction of sp³-hybridized carbons (Fsp3) is 0.455. The Morgan fingerprint density at radius 3 is 2.36 bits per heavy atom. The van der Waals surface area contributed by atoms with Gasteiger partial charge in [0.15, 0.2) is 0 Å². The van der Waals surface area contributed by atoms with Crippen LogP contribution in [0.5, 0.6) is 0 Å². The van der Waals surface area contributed by atoms with E-state index in [1.54, 1.807) is 0 Å². The summed E-state index contributed by atoms with van der Waals surface area (Å²) in [6.07, 6.45) is 0. The number of aryl methyl sites for hydroxylation is 3. The molecule has 2 heterocycles. The molecule has 3 heteroatoms. The molecule has 0 aliphatic carbocycles. The molecule has 0 unspecified atom stereocenters. The van der Waals surface area contributed by atoms with Crippen molar-refractivity contribution in [2.45, 2.75) is 34.6 Å². The summed E-state index contributed by atoms with van der Waals surface area (Å²) in [6, 6.07) is 2.02. The Kier molecular flexibility index (Phi) is 3.23. The first-order valence-corrected chi connectivity index (χ1v) is 4.97. The van der Waals surface area contributed by atoms with Crippen molar-refractivity contribution in [1.29, 1.82) is 0 Å². The minimum absolute atomic E-state index is 0.945. The Balaban J connectivity index is 0.000000461. The Labute approximate surface area is 84.6 Å². The number of aromatic nitrogens is 3. The van der Waals surface area contributed by atoms with Crippen LogP contribution in [0.1, 0.15) is 31.1 Å². The van der Waals surface area contributed by atoms with Crippen LogP contribution in [0.2, 0.25) is 0 Å². The van der Waals surface area contributed by atoms with Crippen molar-refractivity contribution in [2.75, 3.05) is 0 Å². The highest BCUT2D eigenvalue weighted by molar-refractivity contribution is 5.77. The summed E-state index contributed by atoms with van der Waals surface area (Å²) in [6.45, 7) is 9.92. The zero-order valence-electron chi connectivity index (χ0n) is 9.47. The first kappa shape index (κ1) is 10.7. The Bertz CT molecular complexity index is 429. The number of aromatic amines is 1. The molecule has 0 fully saturated rings. The first-order valence-electron chi connectivity index (χ1n) is 4.97. The van der Waals surface area contributed by atoms with E-state index in [1.165, 1.54) is 0 Å². The van der Waals surface area contributed by atoms with Crippen molar-refractivity contribution < 1.29 is 0 Å². The van der Waals surface area contributed by atoms with Crippen LogP contribution in [0, 0.1) is 20.8 Å². The molecule has 14 heavy (non-hydrogen) atoms. The van der Waals surface area contributed by atoms with Gasteiger partial charge in [-0.1, -0.05) is 13.8 Å². The second-order valence-corrected chi connectivity index (χ2v) is 3.07. The van der Waals surface area contributed by atoms with Gasteiger partial charge in [-0.15, -0.1) is 0 Å². The summed E-state index contributed by atoms with van der Waals surface area (Å²) >= 11 is 0. The second-order valence-electron chi connectivity index (χ2n) is 3.07. The zero-order valence-corrected chi connectivity index (χ0v) is 9.47. The quantitative estimate of drug-likeness (QED) is 0.695. The number of fused-ring (bicyclic) bond motifs is 1. The van der Waals surface area contributed by atoms with Gasteiger partial charge in [0.05, 0.1) is 11.2 Å². The SMILES string of the molecule is CC.Cc1cc2[nH]c(C)nc2c(C)n1. The molecule has 3 nitrogen and oxygen atoms in total. The minimum Gasteiger partial charge on any atom is -0.342 e. The van der Waals surface area contributed by atoms with Crippen LogP contribution in [0.4, 0.5) is 0 Å². The number of pyridine rings is 1. The molecular weight excluding hydrogens is 174 g/mol. The number of nitrogens with one attached hydrogen (secondary N) is 1. The fourth-order valence-electron chi connectivity index (χ4n) is 1.45. The third-order valence-corrected chi connectivity index (χ3v) is 1.89. The van der Waals surface area contributed by atoms with Crippen LogP contribution < -0.4 is 0 Å². The van der Waals surface area contributed by atoms with E-state index in [1.807, 2.05) is 40.7 Å². The van der Waals surface area contributed by atoms with E-state index in [0.29, 0.717) is 0 Å². The van der Waals surface area contributed by atoms with E-state index in [9.17, 15) is 0 Å². The highest BCUT2D eigenvalue weighted by Gasteiger charge is 2.03. The number of H-pyrrole nitrogens is 1. The predicted molar refractivity (Wildman–Crippen MR) is 59.4 cm³/mol. The number of hydrogen-bond acceptors (Lipinski definition) is 2. The van der Waals surface area contributed by atoms with Crippen molar-refractivity contribution in [1.82, 2.24) is 15.0 Å². The van der Waals surface area contributed by atoms with E-state index in [0.717, 1.165) is 28.2 Å². The molecule has 0 spiro atoms. The van der Waals surface area contributed by atoms with Crippen molar-refractivity contribution in [3.63, 3.8) is 0 Å². The molecule has 0 atom stereocenters. The van der Waals surface area contributed by atoms with Gasteiger partial charge in [0.1, 0.15) is 11.3 Å². The number of imidazole rings is 1. The normalized spacial score (nSPS) is 9.79. The molecule has 0 radical (unpaired) electrons. The van der Waals surface area contributed by atoms with Gasteiger partial charge in [-0.3, -0.25) is 4.98 Å². The van der Waals surface area contributed by atoms with Gasteiger partial charge >= 0.3 is 0 Å². The summed E-state index contributed by atoms with van der Waals surface area (Å²) in [5, 5.41) is 0. The molecule has 0 aliphatic heterocycles. The van der Waals surface area contributed by atoms with Gasteiger partial charge in [0.2, 0.25) is 0 Å². The maximum Gasteiger partial charge on any atom is 0.110 e. The first-order chi connectivity index (χ1) is 6.66. The third kappa shape index (κ3) is 1.92. The smallest absolute Gasteiger partial charge is 0.110 e. The molecule has 2 aromatic rings. The molecule has 0 amide bonds. The second kappa shape index (κ2) is 4.22. The van der Waals surface area contributed by atoms with Crippen molar-refractivity contribution in [3.8, 4) is 0 Å². The van der Waals surface area contributed by atoms with Gasteiger partial charge in [-0.05, 0) is 26.8 Å². The maximum atomic E-state index is 4.34. The number of nitrogens with zero attached hydrogens (tertiary/aromatic N) is 2. The highest BCUT2D eigenvalue weighted by atomic mass is 14.9. The lowest BCUT2D eigenvalue weighted by Gasteiger charge is -1.95. The molecule has 0 aliphatic rings. The molecule has 76 valence electrons. The minimum atomic E-state index is 0.945. The van der Waals surface area contributed by atoms with Crippen LogP contribution in [-0.2, 0) is 0 Å². The summed E-state index contributed by atoms with van der Waals surface area (Å²) < 4.78 is 0. The largest absolute Gasteiger partial charge is 0.342 e. The van der Waals surface area contributed by atoms with Gasteiger partial charge < -0.3 is 4.98 Å². The average Bonchev–Trinajstić information content (AvgIpc) is 2.49. The van der Waals surface area contributed by atoms with Gasteiger partial charge in [0.25, 0.3) is 0 Å². The Morgan fingerprint density at radius 2 is 1.71 bits per heavy atom. The monoisotopic (exact) mass is 191 g/mol. The molecule has 0 saturated heterocycles. The van der Waals surface area contributed by atoms with E-state index < -0.39 is 0 Å². The number of rotatable bonds is 0. The molecule has 2 aromatic heterocycles. The standard InChI is InChI=1S/C9H11N3.C2H6/c1-5-4-8-9(6(2)10-5)12-7(3)11-8;1-2/h4H,1-3H3,(H,11,12);1-2H3. The molecule has 1 N–H and O–H groups in total. The molecular formula is C11H17N3. The fourth-order valence-corrected chi connectivity index (χ4v) is 1.45. The van der Waals surface area contributed by atoms with Gasteiger partial charge in [0, 0.05) is 5.69 Å². The lowest BCUT2D eigenvalue weighted by molar-refractivity contribution is 1.13. The van der Waals surface area contributed by atoms with Crippen LogP contribution in [-0.4, -0.2) is 15.0 Å². The molecule has 0 aromatic carbocycles. The molecule has 2 rings (SSSR count). The third-order valence-electron chi connectivity index (χ3n) is 1.89. The number of hydrogen-bond donors (Lipinski definition) is 1. The van der Waals surface area contributed by atoms with Crippen LogP contribution >= 0.6 is 0 Å². The van der Waals surface area contributed by atoms with Gasteiger partial charge in [-0.2, -0.15) is 0 Å². The lowest BCUT2D eigenvalue weighted by Crippen LogP contribution is -1.86. The summed E-state index contributed by atoms with van der Waals surface area (Å²) in [5.74, 6) is 0.945. The predicted octanol–water partition coefficient (Wildman–Crippen LogP) is 2.91. The topological polar surface area (TPSA) is 41.6 Å². The maximum absolute atomic E-state index is 4.34. The Morgan fingerprint density at radius 1 is 1.07 bits per heavy atom. The van der Waals surface area contributed by atoms with E-state index in [2.05, 4.69) is 15.0 Å². The van der Waals surface area contributed by atoms with E-state index in [-0.39, 0.29) is 0 Å². The summed E-state index contributed by atoms with van der Waals surface area (Å²) in [4.78, 5) is 11.9. The highest BCUT2D eigenvalue weighted by Crippen LogP contribution is 2.14. The molecule has 0 saturated carbocycles. The van der Waals surface area contributed by atoms with Crippen molar-refractivity contribution >= 4 is 11.0 Å². The summed E-state index contributed by atoms with van der Waals surface area (Å²) in [7, 11) is 0. The molecule has 0 bridgehead atoms. The van der Waals surface area contributed by atoms with Crippen LogP contribution in [0.25, 0.3) is 11.0 Å². The van der Waals surface area contributed by atoms with Crippen molar-refractivity contribution in [2.24, 2.45) is 0 Å². The average molecular weight is 191 g/mol. The van der Waals surface area contributed by atoms with Crippen LogP contribution in [0.15, 0.2) is 6.07 Å². The van der Waals surface area contributed by atoms with E-state index in [4.69, 9.17) is 0 Å². The Hall–Kier alpha value is -1.38. The van der Waals surface area contributed by atoms with Gasteiger partial charge in [-0.25, -0.2) is 4.98 Å². The van der Waals surface area contributed by atoms with Crippen molar-refractivity contribution in [3.05, 3.63) is 23.3 Å². The zero-order chi connectivity index (χ0) is 10.7. The lowest BCUT2D eigenvalue weighted by atomic mass is 10.3. The van der Waals surface area contributed by atoms with E-state index >= 15 is 0 Å². The van der Waals surface area contributed by atoms with Crippen LogP contribution in [0.3, 0.4) is 0 Å². The summed E-state index contributed by atoms with van der Waals surface area (Å²) in [5.41, 5.74) is 4.09.